The van der Waals surface area contributed by atoms with Gasteiger partial charge in [-0.1, -0.05) is 11.3 Å². The number of rotatable bonds is 4. The van der Waals surface area contributed by atoms with Crippen LogP contribution in [0.1, 0.15) is 23.1 Å². The number of esters is 1. The van der Waals surface area contributed by atoms with Gasteiger partial charge in [0.15, 0.2) is 5.69 Å². The smallest absolute Gasteiger partial charge is 0.359 e. The van der Waals surface area contributed by atoms with Crippen molar-refractivity contribution in [3.8, 4) is 10.6 Å². The number of aliphatic hydroxyl groups is 1. The summed E-state index contributed by atoms with van der Waals surface area (Å²) in [5.74, 6) is -0.554. The van der Waals surface area contributed by atoms with Crippen LogP contribution in [0.3, 0.4) is 0 Å². The maximum absolute atomic E-state index is 11.8. The van der Waals surface area contributed by atoms with Gasteiger partial charge >= 0.3 is 5.97 Å². The van der Waals surface area contributed by atoms with Crippen molar-refractivity contribution < 1.29 is 14.6 Å². The van der Waals surface area contributed by atoms with Crippen LogP contribution in [0, 0.1) is 0 Å². The van der Waals surface area contributed by atoms with Crippen molar-refractivity contribution in [1.82, 2.24) is 19.6 Å². The van der Waals surface area contributed by atoms with Gasteiger partial charge in [0.2, 0.25) is 4.96 Å². The number of carbonyl (C=O) groups is 1. The Kier molecular flexibility index (Phi) is 3.63. The van der Waals surface area contributed by atoms with E-state index in [1.165, 1.54) is 15.9 Å². The average Bonchev–Trinajstić information content (AvgIpc) is 3.05. The van der Waals surface area contributed by atoms with Crippen molar-refractivity contribution in [3.05, 3.63) is 35.9 Å². The lowest BCUT2D eigenvalue weighted by Crippen LogP contribution is -2.09. The van der Waals surface area contributed by atoms with E-state index in [4.69, 9.17) is 4.74 Å². The fraction of sp³-hybridized carbons (Fsp3) is 0.231. The first kappa shape index (κ1) is 13.7. The molecule has 0 aliphatic carbocycles. The molecule has 3 aromatic heterocycles. The summed E-state index contributed by atoms with van der Waals surface area (Å²) >= 11 is 1.32. The lowest BCUT2D eigenvalue weighted by atomic mass is 10.3. The molecule has 0 unspecified atom stereocenters. The van der Waals surface area contributed by atoms with Crippen LogP contribution < -0.4 is 0 Å². The molecule has 0 spiro atoms. The number of aliphatic hydroxyl groups excluding tert-OH is 1. The average molecular weight is 304 g/mol. The van der Waals surface area contributed by atoms with Crippen LogP contribution in [0.4, 0.5) is 0 Å². The molecule has 7 nitrogen and oxygen atoms in total. The third-order valence-corrected chi connectivity index (χ3v) is 3.78. The molecule has 108 valence electrons. The second-order valence-electron chi connectivity index (χ2n) is 4.13. The molecule has 0 aliphatic rings. The van der Waals surface area contributed by atoms with E-state index in [-0.39, 0.29) is 18.9 Å². The van der Waals surface area contributed by atoms with Crippen LogP contribution >= 0.6 is 11.3 Å². The van der Waals surface area contributed by atoms with Crippen LogP contribution in [0.15, 0.2) is 24.5 Å². The molecule has 0 atom stereocenters. The van der Waals surface area contributed by atoms with E-state index in [0.717, 1.165) is 10.6 Å². The molecular formula is C13H12N4O3S. The van der Waals surface area contributed by atoms with Gasteiger partial charge in [-0.3, -0.25) is 4.98 Å². The molecule has 3 heterocycles. The monoisotopic (exact) mass is 304 g/mol. The molecule has 0 radical (unpaired) electrons. The predicted octanol–water partition coefficient (Wildman–Crippen LogP) is 1.52. The predicted molar refractivity (Wildman–Crippen MR) is 76.0 cm³/mol. The highest BCUT2D eigenvalue weighted by atomic mass is 32.1. The highest BCUT2D eigenvalue weighted by molar-refractivity contribution is 7.19. The molecular weight excluding hydrogens is 292 g/mol. The van der Waals surface area contributed by atoms with E-state index in [0.29, 0.717) is 10.7 Å². The molecule has 0 fully saturated rings. The van der Waals surface area contributed by atoms with Crippen LogP contribution in [-0.2, 0) is 11.3 Å². The molecule has 0 saturated heterocycles. The van der Waals surface area contributed by atoms with Gasteiger partial charge in [0.05, 0.1) is 13.2 Å². The number of aromatic nitrogens is 4. The topological polar surface area (TPSA) is 89.6 Å². The fourth-order valence-electron chi connectivity index (χ4n) is 1.90. The van der Waals surface area contributed by atoms with Crippen molar-refractivity contribution in [1.29, 1.82) is 0 Å². The third kappa shape index (κ3) is 2.39. The largest absolute Gasteiger partial charge is 0.461 e. The maximum Gasteiger partial charge on any atom is 0.359 e. The standard InChI is InChI=1S/C13H12N4O3S/c1-2-20-12(19)10-9(7-18)17-13(15-10)21-11(16-17)8-4-3-5-14-6-8/h3-6,18H,2,7H2,1H3. The second kappa shape index (κ2) is 5.58. The minimum atomic E-state index is -0.554. The summed E-state index contributed by atoms with van der Waals surface area (Å²) in [4.78, 5) is 20.6. The third-order valence-electron chi connectivity index (χ3n) is 2.82. The zero-order chi connectivity index (χ0) is 14.8. The lowest BCUT2D eigenvalue weighted by Gasteiger charge is -2.00. The van der Waals surface area contributed by atoms with Crippen LogP contribution in [0.25, 0.3) is 15.5 Å². The number of carbonyl (C=O) groups excluding carboxylic acids is 1. The molecule has 3 rings (SSSR count). The van der Waals surface area contributed by atoms with Gasteiger partial charge in [-0.05, 0) is 19.1 Å². The van der Waals surface area contributed by atoms with Gasteiger partial charge in [0.1, 0.15) is 10.7 Å². The van der Waals surface area contributed by atoms with Gasteiger partial charge < -0.3 is 9.84 Å². The van der Waals surface area contributed by atoms with Crippen LogP contribution in [-0.4, -0.2) is 37.3 Å². The Morgan fingerprint density at radius 3 is 3.05 bits per heavy atom. The zero-order valence-electron chi connectivity index (χ0n) is 11.2. The van der Waals surface area contributed by atoms with Gasteiger partial charge in [-0.25, -0.2) is 14.3 Å². The van der Waals surface area contributed by atoms with E-state index in [9.17, 15) is 9.90 Å². The Morgan fingerprint density at radius 1 is 1.52 bits per heavy atom. The molecule has 0 aliphatic heterocycles. The molecule has 21 heavy (non-hydrogen) atoms. The van der Waals surface area contributed by atoms with E-state index in [1.807, 2.05) is 12.1 Å². The Bertz CT molecular complexity index is 781. The van der Waals surface area contributed by atoms with Crippen molar-refractivity contribution in [2.75, 3.05) is 6.61 Å². The maximum atomic E-state index is 11.8. The normalized spacial score (nSPS) is 11.0. The highest BCUT2D eigenvalue weighted by Crippen LogP contribution is 2.26. The number of pyridine rings is 1. The number of hydrogen-bond donors (Lipinski definition) is 1. The van der Waals surface area contributed by atoms with Crippen molar-refractivity contribution in [2.24, 2.45) is 0 Å². The Morgan fingerprint density at radius 2 is 2.38 bits per heavy atom. The number of imidazole rings is 1. The molecule has 3 aromatic rings. The van der Waals surface area contributed by atoms with E-state index >= 15 is 0 Å². The molecule has 0 amide bonds. The molecule has 0 saturated carbocycles. The summed E-state index contributed by atoms with van der Waals surface area (Å²) < 4.78 is 6.40. The lowest BCUT2D eigenvalue weighted by molar-refractivity contribution is 0.0516. The Labute approximate surface area is 123 Å². The van der Waals surface area contributed by atoms with Crippen molar-refractivity contribution >= 4 is 22.3 Å². The minimum Gasteiger partial charge on any atom is -0.461 e. The first-order valence-electron chi connectivity index (χ1n) is 6.31. The number of ether oxygens (including phenoxy) is 1. The summed E-state index contributed by atoms with van der Waals surface area (Å²) in [5, 5.41) is 14.6. The van der Waals surface area contributed by atoms with Gasteiger partial charge in [-0.15, -0.1) is 0 Å². The summed E-state index contributed by atoms with van der Waals surface area (Å²) in [6.07, 6.45) is 3.38. The van der Waals surface area contributed by atoms with Crippen LogP contribution in [0.2, 0.25) is 0 Å². The molecule has 8 heteroatoms. The number of nitrogens with zero attached hydrogens (tertiary/aromatic N) is 4. The SMILES string of the molecule is CCOC(=O)c1nc2sc(-c3cccnc3)nn2c1CO. The van der Waals surface area contributed by atoms with Gasteiger partial charge in [-0.2, -0.15) is 5.10 Å². The number of hydrogen-bond acceptors (Lipinski definition) is 7. The summed E-state index contributed by atoms with van der Waals surface area (Å²) in [6, 6.07) is 3.70. The van der Waals surface area contributed by atoms with E-state index < -0.39 is 5.97 Å². The first-order chi connectivity index (χ1) is 10.2. The Hall–Kier alpha value is -2.32. The Balaban J connectivity index is 2.08. The molecule has 0 bridgehead atoms. The summed E-state index contributed by atoms with van der Waals surface area (Å²) in [6.45, 7) is 1.63. The molecule has 0 aromatic carbocycles. The minimum absolute atomic E-state index is 0.107. The van der Waals surface area contributed by atoms with Gasteiger partial charge in [0.25, 0.3) is 0 Å². The quantitative estimate of drug-likeness (QED) is 0.735. The fourth-order valence-corrected chi connectivity index (χ4v) is 2.81. The van der Waals surface area contributed by atoms with Crippen molar-refractivity contribution in [3.63, 3.8) is 0 Å². The summed E-state index contributed by atoms with van der Waals surface area (Å²) in [7, 11) is 0. The van der Waals surface area contributed by atoms with Crippen molar-refractivity contribution in [2.45, 2.75) is 13.5 Å². The molecule has 1 N–H and O–H groups in total. The first-order valence-corrected chi connectivity index (χ1v) is 7.13. The zero-order valence-corrected chi connectivity index (χ0v) is 12.0. The van der Waals surface area contributed by atoms with Gasteiger partial charge in [0, 0.05) is 18.0 Å². The second-order valence-corrected chi connectivity index (χ2v) is 5.08. The van der Waals surface area contributed by atoms with E-state index in [2.05, 4.69) is 15.1 Å². The number of fused-ring (bicyclic) bond motifs is 1. The highest BCUT2D eigenvalue weighted by Gasteiger charge is 2.22. The van der Waals surface area contributed by atoms with Crippen LogP contribution in [0.5, 0.6) is 0 Å². The van der Waals surface area contributed by atoms with E-state index in [1.54, 1.807) is 19.3 Å². The summed E-state index contributed by atoms with van der Waals surface area (Å²) in [5.41, 5.74) is 1.29.